The maximum atomic E-state index is 15.0. The molecule has 0 atom stereocenters. The Morgan fingerprint density at radius 1 is 1.21 bits per heavy atom. The maximum absolute atomic E-state index is 15.0. The van der Waals surface area contributed by atoms with E-state index in [0.29, 0.717) is 36.5 Å². The van der Waals surface area contributed by atoms with Gasteiger partial charge < -0.3 is 10.1 Å². The minimum Gasteiger partial charge on any atom is -0.445 e. The Hall–Kier alpha value is -2.22. The van der Waals surface area contributed by atoms with Gasteiger partial charge in [0.1, 0.15) is 12.3 Å². The maximum Gasteiger partial charge on any atom is 0.407 e. The third kappa shape index (κ3) is 5.65. The van der Waals surface area contributed by atoms with E-state index in [0.717, 1.165) is 5.56 Å². The van der Waals surface area contributed by atoms with Crippen molar-refractivity contribution < 1.29 is 18.3 Å². The van der Waals surface area contributed by atoms with Crippen molar-refractivity contribution in [3.05, 3.63) is 53.3 Å². The second-order valence-corrected chi connectivity index (χ2v) is 8.03. The molecular formula is C21H25F2N3O2S. The molecule has 0 unspecified atom stereocenters. The van der Waals surface area contributed by atoms with Crippen LogP contribution in [0.15, 0.2) is 41.6 Å². The molecular weight excluding hydrogens is 396 g/mol. The van der Waals surface area contributed by atoms with E-state index in [2.05, 4.69) is 15.3 Å². The Morgan fingerprint density at radius 3 is 2.55 bits per heavy atom. The highest BCUT2D eigenvalue weighted by atomic mass is 32.2. The van der Waals surface area contributed by atoms with Gasteiger partial charge in [0.05, 0.1) is 0 Å². The molecule has 156 valence electrons. The number of thioether (sulfide) groups is 1. The quantitative estimate of drug-likeness (QED) is 0.520. The molecule has 29 heavy (non-hydrogen) atoms. The van der Waals surface area contributed by atoms with Crippen molar-refractivity contribution in [3.63, 3.8) is 0 Å². The van der Waals surface area contributed by atoms with Crippen LogP contribution in [0, 0.1) is 12.8 Å². The number of hydrogen-bond acceptors (Lipinski definition) is 5. The summed E-state index contributed by atoms with van der Waals surface area (Å²) in [5.74, 6) is -3.82. The molecule has 3 rings (SSSR count). The van der Waals surface area contributed by atoms with Crippen molar-refractivity contribution in [2.45, 2.75) is 56.3 Å². The van der Waals surface area contributed by atoms with E-state index < -0.39 is 17.9 Å². The molecule has 1 amide bonds. The zero-order chi connectivity index (χ0) is 20.9. The number of aromatic nitrogens is 2. The zero-order valence-electron chi connectivity index (χ0n) is 16.5. The van der Waals surface area contributed by atoms with Crippen LogP contribution < -0.4 is 5.32 Å². The van der Waals surface area contributed by atoms with Crippen LogP contribution in [-0.4, -0.2) is 28.4 Å². The summed E-state index contributed by atoms with van der Waals surface area (Å²) in [6.07, 6.45) is 2.85. The average Bonchev–Trinajstić information content (AvgIpc) is 2.73. The van der Waals surface area contributed by atoms with Crippen molar-refractivity contribution in [3.8, 4) is 0 Å². The number of amides is 1. The van der Waals surface area contributed by atoms with Crippen molar-refractivity contribution >= 4 is 17.9 Å². The van der Waals surface area contributed by atoms with Gasteiger partial charge in [-0.3, -0.25) is 0 Å². The van der Waals surface area contributed by atoms with Gasteiger partial charge in [-0.25, -0.2) is 14.8 Å². The lowest BCUT2D eigenvalue weighted by molar-refractivity contribution is -0.0840. The first-order valence-corrected chi connectivity index (χ1v) is 10.9. The van der Waals surface area contributed by atoms with Gasteiger partial charge in [0.15, 0.2) is 5.16 Å². The standard InChI is InChI=1S/C21H25F2N3O2S/c1-14-12-18(26-19(24-14)29-2)21(22,23)16-8-10-17(11-9-16)25-20(27)28-13-15-6-4-3-5-7-15/h3-7,12,16-17H,8-11,13H2,1-2H3,(H,25,27). The van der Waals surface area contributed by atoms with E-state index in [4.69, 9.17) is 4.74 Å². The van der Waals surface area contributed by atoms with Crippen LogP contribution in [0.5, 0.6) is 0 Å². The fourth-order valence-electron chi connectivity index (χ4n) is 3.54. The fourth-order valence-corrected chi connectivity index (χ4v) is 3.97. The molecule has 1 aromatic heterocycles. The normalized spacial score (nSPS) is 19.6. The largest absolute Gasteiger partial charge is 0.445 e. The second-order valence-electron chi connectivity index (χ2n) is 7.26. The van der Waals surface area contributed by atoms with E-state index in [1.165, 1.54) is 17.8 Å². The van der Waals surface area contributed by atoms with Gasteiger partial charge >= 0.3 is 6.09 Å². The number of benzene rings is 1. The van der Waals surface area contributed by atoms with Crippen molar-refractivity contribution in [1.82, 2.24) is 15.3 Å². The topological polar surface area (TPSA) is 64.1 Å². The average molecular weight is 422 g/mol. The van der Waals surface area contributed by atoms with Crippen LogP contribution in [0.1, 0.15) is 42.6 Å². The van der Waals surface area contributed by atoms with Crippen molar-refractivity contribution in [1.29, 1.82) is 0 Å². The highest BCUT2D eigenvalue weighted by Crippen LogP contribution is 2.43. The summed E-state index contributed by atoms with van der Waals surface area (Å²) in [7, 11) is 0. The van der Waals surface area contributed by atoms with Gasteiger partial charge in [0.2, 0.25) is 0 Å². The van der Waals surface area contributed by atoms with Gasteiger partial charge in [-0.15, -0.1) is 0 Å². The molecule has 1 aromatic carbocycles. The van der Waals surface area contributed by atoms with Crippen molar-refractivity contribution in [2.24, 2.45) is 5.92 Å². The highest BCUT2D eigenvalue weighted by Gasteiger charge is 2.44. The van der Waals surface area contributed by atoms with E-state index in [-0.39, 0.29) is 18.3 Å². The highest BCUT2D eigenvalue weighted by molar-refractivity contribution is 7.98. The molecule has 1 aliphatic carbocycles. The molecule has 0 bridgehead atoms. The number of nitrogens with zero attached hydrogens (tertiary/aromatic N) is 2. The Kier molecular flexibility index (Phi) is 7.05. The number of ether oxygens (including phenoxy) is 1. The lowest BCUT2D eigenvalue weighted by Crippen LogP contribution is -2.40. The molecule has 5 nitrogen and oxygen atoms in total. The summed E-state index contributed by atoms with van der Waals surface area (Å²) in [5, 5.41) is 3.15. The van der Waals surface area contributed by atoms with E-state index in [1.807, 2.05) is 30.3 Å². The molecule has 0 saturated heterocycles. The first kappa shape index (κ1) is 21.5. The Bertz CT molecular complexity index is 828. The molecule has 1 saturated carbocycles. The fraction of sp³-hybridized carbons (Fsp3) is 0.476. The summed E-state index contributed by atoms with van der Waals surface area (Å²) in [5.41, 5.74) is 1.22. The predicted molar refractivity (Wildman–Crippen MR) is 108 cm³/mol. The van der Waals surface area contributed by atoms with Crippen molar-refractivity contribution in [2.75, 3.05) is 6.26 Å². The minimum atomic E-state index is -3.02. The van der Waals surface area contributed by atoms with Gasteiger partial charge in [0, 0.05) is 17.7 Å². The first-order chi connectivity index (χ1) is 13.9. The number of halogens is 2. The summed E-state index contributed by atoms with van der Waals surface area (Å²) < 4.78 is 35.3. The molecule has 1 N–H and O–H groups in total. The van der Waals surface area contributed by atoms with Gasteiger partial charge in [0.25, 0.3) is 5.92 Å². The van der Waals surface area contributed by atoms with Gasteiger partial charge in [-0.1, -0.05) is 42.1 Å². The third-order valence-electron chi connectivity index (χ3n) is 5.13. The van der Waals surface area contributed by atoms with Crippen LogP contribution in [0.2, 0.25) is 0 Å². The number of nitrogens with one attached hydrogen (secondary N) is 1. The number of hydrogen-bond donors (Lipinski definition) is 1. The molecule has 0 aliphatic heterocycles. The number of alkyl halides is 2. The van der Waals surface area contributed by atoms with Crippen LogP contribution in [0.3, 0.4) is 0 Å². The Labute approximate surface area is 173 Å². The lowest BCUT2D eigenvalue weighted by atomic mass is 9.81. The molecule has 8 heteroatoms. The smallest absolute Gasteiger partial charge is 0.407 e. The molecule has 0 radical (unpaired) electrons. The summed E-state index contributed by atoms with van der Waals surface area (Å²) >= 11 is 1.25. The van der Waals surface area contributed by atoms with Crippen LogP contribution in [-0.2, 0) is 17.3 Å². The van der Waals surface area contributed by atoms with E-state index in [9.17, 15) is 4.79 Å². The van der Waals surface area contributed by atoms with E-state index >= 15 is 8.78 Å². The molecule has 1 fully saturated rings. The minimum absolute atomic E-state index is 0.154. The molecule has 1 heterocycles. The lowest BCUT2D eigenvalue weighted by Gasteiger charge is -2.33. The number of rotatable bonds is 6. The molecule has 2 aromatic rings. The second kappa shape index (κ2) is 9.52. The van der Waals surface area contributed by atoms with Gasteiger partial charge in [-0.05, 0) is 50.5 Å². The first-order valence-electron chi connectivity index (χ1n) is 9.63. The summed E-state index contributed by atoms with van der Waals surface area (Å²) in [6, 6.07) is 10.6. The monoisotopic (exact) mass is 421 g/mol. The molecule has 0 spiro atoms. The number of aryl methyl sites for hydroxylation is 1. The number of carbonyl (C=O) groups is 1. The molecule has 1 aliphatic rings. The summed E-state index contributed by atoms with van der Waals surface area (Å²) in [4.78, 5) is 20.2. The summed E-state index contributed by atoms with van der Waals surface area (Å²) in [6.45, 7) is 1.88. The number of carbonyl (C=O) groups excluding carboxylic acids is 1. The van der Waals surface area contributed by atoms with Crippen LogP contribution in [0.25, 0.3) is 0 Å². The Morgan fingerprint density at radius 2 is 1.90 bits per heavy atom. The van der Waals surface area contributed by atoms with Crippen LogP contribution >= 0.6 is 11.8 Å². The SMILES string of the molecule is CSc1nc(C)cc(C(F)(F)C2CCC(NC(=O)OCc3ccccc3)CC2)n1. The van der Waals surface area contributed by atoms with Crippen LogP contribution in [0.4, 0.5) is 13.6 Å². The third-order valence-corrected chi connectivity index (χ3v) is 5.68. The predicted octanol–water partition coefficient (Wildman–Crippen LogP) is 5.08. The Balaban J connectivity index is 1.51. The zero-order valence-corrected chi connectivity index (χ0v) is 17.3. The van der Waals surface area contributed by atoms with E-state index in [1.54, 1.807) is 13.2 Å². The number of alkyl carbamates (subject to hydrolysis) is 1. The van der Waals surface area contributed by atoms with Gasteiger partial charge in [-0.2, -0.15) is 8.78 Å².